The van der Waals surface area contributed by atoms with Gasteiger partial charge in [0.05, 0.1) is 15.1 Å². The van der Waals surface area contributed by atoms with Crippen molar-refractivity contribution in [3.8, 4) is 0 Å². The van der Waals surface area contributed by atoms with Crippen LogP contribution in [0.25, 0.3) is 10.2 Å². The molecule has 0 saturated carbocycles. The van der Waals surface area contributed by atoms with Gasteiger partial charge >= 0.3 is 4.87 Å². The molecule has 3 rings (SSSR count). The lowest BCUT2D eigenvalue weighted by molar-refractivity contribution is 0.103. The topological polar surface area (TPSA) is 62.0 Å². The van der Waals surface area contributed by atoms with E-state index in [1.807, 2.05) is 11.4 Å². The third-order valence-electron chi connectivity index (χ3n) is 2.42. The Balaban J connectivity index is 1.91. The number of benzene rings is 1. The number of aromatic nitrogens is 1. The maximum atomic E-state index is 11.8. The third kappa shape index (κ3) is 2.07. The van der Waals surface area contributed by atoms with E-state index in [0.717, 1.165) is 21.6 Å². The van der Waals surface area contributed by atoms with Crippen molar-refractivity contribution in [1.29, 1.82) is 0 Å². The quantitative estimate of drug-likeness (QED) is 0.756. The second-order valence-corrected chi connectivity index (χ2v) is 5.62. The Kier molecular flexibility index (Phi) is 2.73. The molecular weight excluding hydrogens is 268 g/mol. The molecule has 0 fully saturated rings. The Morgan fingerprint density at radius 2 is 2.17 bits per heavy atom. The highest BCUT2D eigenvalue weighted by atomic mass is 32.1. The minimum absolute atomic E-state index is 0.0910. The number of aromatic amines is 1. The molecule has 4 nitrogen and oxygen atoms in total. The van der Waals surface area contributed by atoms with Gasteiger partial charge in [0.15, 0.2) is 0 Å². The molecular formula is C12H8N2O2S2. The number of amides is 1. The molecule has 0 aliphatic rings. The van der Waals surface area contributed by atoms with E-state index >= 15 is 0 Å². The van der Waals surface area contributed by atoms with Crippen LogP contribution in [0.3, 0.4) is 0 Å². The summed E-state index contributed by atoms with van der Waals surface area (Å²) in [5.41, 5.74) is 1.48. The fourth-order valence-electron chi connectivity index (χ4n) is 1.62. The van der Waals surface area contributed by atoms with Gasteiger partial charge in [-0.25, -0.2) is 0 Å². The van der Waals surface area contributed by atoms with Crippen LogP contribution in [0, 0.1) is 0 Å². The van der Waals surface area contributed by atoms with Crippen molar-refractivity contribution in [3.05, 3.63) is 50.3 Å². The number of fused-ring (bicyclic) bond motifs is 1. The number of hydrogen-bond donors (Lipinski definition) is 2. The average Bonchev–Trinajstić information content (AvgIpc) is 2.95. The molecule has 18 heavy (non-hydrogen) atoms. The van der Waals surface area contributed by atoms with Crippen molar-refractivity contribution in [2.75, 3.05) is 5.32 Å². The van der Waals surface area contributed by atoms with Gasteiger partial charge in [-0.05, 0) is 29.6 Å². The molecule has 3 aromatic rings. The molecule has 2 heterocycles. The van der Waals surface area contributed by atoms with Gasteiger partial charge in [0, 0.05) is 5.69 Å². The van der Waals surface area contributed by atoms with Gasteiger partial charge in [-0.1, -0.05) is 17.4 Å². The molecule has 1 aromatic carbocycles. The van der Waals surface area contributed by atoms with Gasteiger partial charge in [0.1, 0.15) is 0 Å². The van der Waals surface area contributed by atoms with Crippen LogP contribution in [0.5, 0.6) is 0 Å². The molecule has 6 heteroatoms. The lowest BCUT2D eigenvalue weighted by Crippen LogP contribution is -2.09. The number of anilines is 1. The summed E-state index contributed by atoms with van der Waals surface area (Å²) < 4.78 is 0.837. The Hall–Kier alpha value is -1.92. The molecule has 2 N–H and O–H groups in total. The molecule has 0 bridgehead atoms. The van der Waals surface area contributed by atoms with Crippen molar-refractivity contribution in [2.24, 2.45) is 0 Å². The third-order valence-corrected chi connectivity index (χ3v) is 4.14. The predicted octanol–water partition coefficient (Wildman–Crippen LogP) is 2.90. The van der Waals surface area contributed by atoms with Gasteiger partial charge < -0.3 is 10.3 Å². The zero-order chi connectivity index (χ0) is 12.5. The molecule has 0 spiro atoms. The van der Waals surface area contributed by atoms with E-state index in [1.54, 1.807) is 24.3 Å². The summed E-state index contributed by atoms with van der Waals surface area (Å²) in [6.45, 7) is 0. The Morgan fingerprint density at radius 1 is 1.28 bits per heavy atom. The van der Waals surface area contributed by atoms with E-state index in [4.69, 9.17) is 0 Å². The van der Waals surface area contributed by atoms with Crippen molar-refractivity contribution in [2.45, 2.75) is 0 Å². The van der Waals surface area contributed by atoms with Crippen LogP contribution in [0.1, 0.15) is 9.67 Å². The van der Waals surface area contributed by atoms with Gasteiger partial charge in [0.25, 0.3) is 5.91 Å². The largest absolute Gasteiger partial charge is 0.321 e. The molecule has 0 saturated heterocycles. The van der Waals surface area contributed by atoms with E-state index in [2.05, 4.69) is 10.3 Å². The summed E-state index contributed by atoms with van der Waals surface area (Å²) in [4.78, 5) is 26.3. The highest BCUT2D eigenvalue weighted by Gasteiger charge is 2.07. The second kappa shape index (κ2) is 4.40. The van der Waals surface area contributed by atoms with Crippen molar-refractivity contribution in [1.82, 2.24) is 4.98 Å². The highest BCUT2D eigenvalue weighted by molar-refractivity contribution is 7.16. The number of H-pyrrole nitrogens is 1. The number of nitrogens with one attached hydrogen (secondary N) is 2. The maximum Gasteiger partial charge on any atom is 0.305 e. The van der Waals surface area contributed by atoms with Crippen molar-refractivity contribution < 1.29 is 4.79 Å². The van der Waals surface area contributed by atoms with E-state index in [9.17, 15) is 9.59 Å². The lowest BCUT2D eigenvalue weighted by Gasteiger charge is -2.02. The van der Waals surface area contributed by atoms with E-state index < -0.39 is 0 Å². The van der Waals surface area contributed by atoms with Gasteiger partial charge in [0.2, 0.25) is 0 Å². The van der Waals surface area contributed by atoms with Crippen LogP contribution >= 0.6 is 22.7 Å². The number of rotatable bonds is 2. The summed E-state index contributed by atoms with van der Waals surface area (Å²) in [5, 5.41) is 4.67. The summed E-state index contributed by atoms with van der Waals surface area (Å²) in [6, 6.07) is 8.96. The molecule has 0 unspecified atom stereocenters. The van der Waals surface area contributed by atoms with Gasteiger partial charge in [-0.15, -0.1) is 11.3 Å². The first-order valence-electron chi connectivity index (χ1n) is 5.20. The predicted molar refractivity (Wildman–Crippen MR) is 74.7 cm³/mol. The van der Waals surface area contributed by atoms with Crippen LogP contribution in [0.4, 0.5) is 5.69 Å². The minimum Gasteiger partial charge on any atom is -0.321 e. The Morgan fingerprint density at radius 3 is 2.94 bits per heavy atom. The van der Waals surface area contributed by atoms with Gasteiger partial charge in [-0.2, -0.15) is 0 Å². The zero-order valence-electron chi connectivity index (χ0n) is 9.10. The first-order valence-corrected chi connectivity index (χ1v) is 6.90. The SMILES string of the molecule is O=C(Nc1ccc2[nH]c(=O)sc2c1)c1cccs1. The fraction of sp³-hybridized carbons (Fsp3) is 0. The molecule has 2 aromatic heterocycles. The number of carbonyl (C=O) groups is 1. The molecule has 90 valence electrons. The van der Waals surface area contributed by atoms with Gasteiger partial charge in [-0.3, -0.25) is 9.59 Å². The summed E-state index contributed by atoms with van der Waals surface area (Å²) >= 11 is 2.52. The van der Waals surface area contributed by atoms with E-state index in [1.165, 1.54) is 11.3 Å². The van der Waals surface area contributed by atoms with Crippen LogP contribution in [-0.2, 0) is 0 Å². The van der Waals surface area contributed by atoms with E-state index in [0.29, 0.717) is 10.6 Å². The minimum atomic E-state index is -0.132. The van der Waals surface area contributed by atoms with Crippen LogP contribution in [0.2, 0.25) is 0 Å². The summed E-state index contributed by atoms with van der Waals surface area (Å²) in [5.74, 6) is -0.132. The zero-order valence-corrected chi connectivity index (χ0v) is 10.7. The van der Waals surface area contributed by atoms with Crippen LogP contribution in [-0.4, -0.2) is 10.9 Å². The number of thiophene rings is 1. The summed E-state index contributed by atoms with van der Waals surface area (Å²) in [6.07, 6.45) is 0. The number of carbonyl (C=O) groups excluding carboxylic acids is 1. The summed E-state index contributed by atoms with van der Waals surface area (Å²) in [7, 11) is 0. The second-order valence-electron chi connectivity index (χ2n) is 3.66. The highest BCUT2D eigenvalue weighted by Crippen LogP contribution is 2.20. The molecule has 0 radical (unpaired) electrons. The lowest BCUT2D eigenvalue weighted by atomic mass is 10.3. The molecule has 0 aliphatic heterocycles. The fourth-order valence-corrected chi connectivity index (χ4v) is 3.02. The molecule has 1 amide bonds. The monoisotopic (exact) mass is 276 g/mol. The Bertz CT molecular complexity index is 756. The number of hydrogen-bond acceptors (Lipinski definition) is 4. The van der Waals surface area contributed by atoms with E-state index in [-0.39, 0.29) is 10.8 Å². The maximum absolute atomic E-state index is 11.8. The van der Waals surface area contributed by atoms with Crippen LogP contribution in [0.15, 0.2) is 40.5 Å². The van der Waals surface area contributed by atoms with Crippen LogP contribution < -0.4 is 10.2 Å². The first kappa shape index (κ1) is 11.2. The van der Waals surface area contributed by atoms with Crippen molar-refractivity contribution >= 4 is 44.5 Å². The Labute approximate surface area is 110 Å². The molecule has 0 aliphatic carbocycles. The average molecular weight is 276 g/mol. The number of thiazole rings is 1. The molecule has 0 atom stereocenters. The smallest absolute Gasteiger partial charge is 0.305 e. The standard InChI is InChI=1S/C12H8N2O2S2/c15-11(9-2-1-5-17-9)13-7-3-4-8-10(6-7)18-12(16)14-8/h1-6H,(H,13,15)(H,14,16). The van der Waals surface area contributed by atoms with Crippen molar-refractivity contribution in [3.63, 3.8) is 0 Å². The normalized spacial score (nSPS) is 10.7. The first-order chi connectivity index (χ1) is 8.72.